The maximum Gasteiger partial charge on any atom is 0.194 e. The van der Waals surface area contributed by atoms with E-state index in [-0.39, 0.29) is 12.5 Å². The van der Waals surface area contributed by atoms with Crippen LogP contribution in [-0.2, 0) is 5.60 Å². The summed E-state index contributed by atoms with van der Waals surface area (Å²) in [6.07, 6.45) is 0.833. The highest BCUT2D eigenvalue weighted by Crippen LogP contribution is 2.39. The molecule has 0 bridgehead atoms. The van der Waals surface area contributed by atoms with E-state index >= 15 is 0 Å². The quantitative estimate of drug-likeness (QED) is 0.498. The molecule has 25 heavy (non-hydrogen) atoms. The Bertz CT molecular complexity index is 798. The second kappa shape index (κ2) is 6.34. The van der Waals surface area contributed by atoms with Crippen LogP contribution in [0.15, 0.2) is 24.3 Å². The van der Waals surface area contributed by atoms with Crippen molar-refractivity contribution in [2.75, 3.05) is 6.54 Å². The average molecular weight is 361 g/mol. The minimum atomic E-state index is -2.43. The monoisotopic (exact) mass is 361 g/mol. The van der Waals surface area contributed by atoms with E-state index in [1.165, 1.54) is 0 Å². The first-order valence-corrected chi connectivity index (χ1v) is 7.51. The van der Waals surface area contributed by atoms with E-state index in [0.29, 0.717) is 31.2 Å². The van der Waals surface area contributed by atoms with Gasteiger partial charge in [-0.05, 0) is 43.1 Å². The lowest BCUT2D eigenvalue weighted by Gasteiger charge is -2.35. The molecule has 1 aliphatic rings. The summed E-state index contributed by atoms with van der Waals surface area (Å²) in [5.74, 6) is -9.13. The van der Waals surface area contributed by atoms with E-state index in [2.05, 4.69) is 5.32 Å². The maximum atomic E-state index is 14.3. The first-order valence-electron chi connectivity index (χ1n) is 7.51. The van der Waals surface area contributed by atoms with Crippen molar-refractivity contribution in [2.24, 2.45) is 0 Å². The Hall–Kier alpha value is -2.06. The van der Waals surface area contributed by atoms with Crippen molar-refractivity contribution in [3.8, 4) is 0 Å². The van der Waals surface area contributed by atoms with Crippen molar-refractivity contribution in [2.45, 2.75) is 24.5 Å². The minimum absolute atomic E-state index is 0.237. The van der Waals surface area contributed by atoms with Gasteiger partial charge in [-0.25, -0.2) is 26.3 Å². The van der Waals surface area contributed by atoms with Gasteiger partial charge < -0.3 is 10.4 Å². The number of benzene rings is 2. The molecule has 2 aromatic rings. The van der Waals surface area contributed by atoms with Crippen LogP contribution in [-0.4, -0.2) is 17.7 Å². The van der Waals surface area contributed by atoms with E-state index in [1.54, 1.807) is 0 Å². The summed E-state index contributed by atoms with van der Waals surface area (Å²) in [5, 5.41) is 14.0. The molecule has 0 aromatic heterocycles. The molecular weight excluding hydrogens is 348 g/mol. The highest BCUT2D eigenvalue weighted by atomic mass is 19.2. The molecule has 0 spiro atoms. The van der Waals surface area contributed by atoms with Gasteiger partial charge in [0, 0.05) is 17.7 Å². The average Bonchev–Trinajstić information content (AvgIpc) is 3.09. The highest BCUT2D eigenvalue weighted by molar-refractivity contribution is 5.40. The molecule has 2 N–H and O–H groups in total. The minimum Gasteiger partial charge on any atom is -0.379 e. The molecule has 1 saturated heterocycles. The predicted octanol–water partition coefficient (Wildman–Crippen LogP) is 3.51. The fourth-order valence-electron chi connectivity index (χ4n) is 3.18. The van der Waals surface area contributed by atoms with E-state index in [9.17, 15) is 31.4 Å². The number of nitrogens with one attached hydrogen (secondary N) is 1. The lowest BCUT2D eigenvalue weighted by Crippen LogP contribution is -2.47. The molecule has 2 unspecified atom stereocenters. The summed E-state index contributed by atoms with van der Waals surface area (Å²) in [5.41, 5.74) is -3.63. The Labute approximate surface area is 139 Å². The number of halogens is 6. The molecule has 1 aliphatic heterocycles. The van der Waals surface area contributed by atoms with Crippen LogP contribution in [0.4, 0.5) is 26.3 Å². The van der Waals surface area contributed by atoms with Crippen LogP contribution in [0, 0.1) is 34.9 Å². The fourth-order valence-corrected chi connectivity index (χ4v) is 3.18. The van der Waals surface area contributed by atoms with Gasteiger partial charge in [-0.1, -0.05) is 0 Å². The highest BCUT2D eigenvalue weighted by Gasteiger charge is 2.44. The molecule has 3 rings (SSSR count). The summed E-state index contributed by atoms with van der Waals surface area (Å²) in [6, 6.07) is 0.763. The second-order valence-corrected chi connectivity index (χ2v) is 5.92. The fraction of sp³-hybridized carbons (Fsp3) is 0.294. The van der Waals surface area contributed by atoms with Gasteiger partial charge in [-0.3, -0.25) is 0 Å². The van der Waals surface area contributed by atoms with Gasteiger partial charge in [-0.15, -0.1) is 0 Å². The summed E-state index contributed by atoms with van der Waals surface area (Å²) in [6.45, 7) is 0.421. The number of rotatable bonds is 3. The Kier molecular flexibility index (Phi) is 4.51. The van der Waals surface area contributed by atoms with Crippen molar-refractivity contribution in [1.29, 1.82) is 0 Å². The summed E-state index contributed by atoms with van der Waals surface area (Å²) in [7, 11) is 0. The van der Waals surface area contributed by atoms with Gasteiger partial charge in [0.1, 0.15) is 11.4 Å². The molecule has 1 fully saturated rings. The zero-order chi connectivity index (χ0) is 18.4. The largest absolute Gasteiger partial charge is 0.379 e. The van der Waals surface area contributed by atoms with Crippen molar-refractivity contribution in [3.05, 3.63) is 70.3 Å². The molecule has 2 aromatic carbocycles. The van der Waals surface area contributed by atoms with Crippen LogP contribution < -0.4 is 5.32 Å². The molecule has 0 amide bonds. The molecule has 8 heteroatoms. The van der Waals surface area contributed by atoms with Gasteiger partial charge in [0.05, 0.1) is 0 Å². The molecule has 0 radical (unpaired) electrons. The van der Waals surface area contributed by atoms with E-state index in [0.717, 1.165) is 0 Å². The Morgan fingerprint density at radius 1 is 0.840 bits per heavy atom. The van der Waals surface area contributed by atoms with Crippen molar-refractivity contribution in [3.63, 3.8) is 0 Å². The lowest BCUT2D eigenvalue weighted by molar-refractivity contribution is 0.0395. The molecular formula is C17H13F6NO. The molecule has 0 aliphatic carbocycles. The number of hydrogen-bond acceptors (Lipinski definition) is 2. The van der Waals surface area contributed by atoms with Crippen LogP contribution in [0.3, 0.4) is 0 Å². The Balaban J connectivity index is 2.26. The Morgan fingerprint density at radius 2 is 1.44 bits per heavy atom. The zero-order valence-corrected chi connectivity index (χ0v) is 12.7. The maximum absolute atomic E-state index is 14.3. The van der Waals surface area contributed by atoms with Gasteiger partial charge in [0.25, 0.3) is 0 Å². The summed E-state index contributed by atoms with van der Waals surface area (Å²) in [4.78, 5) is 0. The zero-order valence-electron chi connectivity index (χ0n) is 12.7. The first kappa shape index (κ1) is 17.8. The molecule has 2 nitrogen and oxygen atoms in total. The molecule has 134 valence electrons. The second-order valence-electron chi connectivity index (χ2n) is 5.92. The van der Waals surface area contributed by atoms with Crippen molar-refractivity contribution < 1.29 is 31.4 Å². The van der Waals surface area contributed by atoms with E-state index in [4.69, 9.17) is 0 Å². The lowest BCUT2D eigenvalue weighted by atomic mass is 9.79. The SMILES string of the molecule is OC(c1cc(F)c(F)c(F)c1)(c1cc(F)c(F)cc1F)C1CCCN1. The molecule has 0 saturated carbocycles. The third-order valence-electron chi connectivity index (χ3n) is 4.41. The van der Waals surface area contributed by atoms with Crippen LogP contribution in [0.2, 0.25) is 0 Å². The third-order valence-corrected chi connectivity index (χ3v) is 4.41. The van der Waals surface area contributed by atoms with Crippen molar-refractivity contribution >= 4 is 0 Å². The van der Waals surface area contributed by atoms with Crippen molar-refractivity contribution in [1.82, 2.24) is 5.32 Å². The molecule has 1 heterocycles. The van der Waals surface area contributed by atoms with Crippen LogP contribution in [0.25, 0.3) is 0 Å². The normalized spacial score (nSPS) is 19.9. The van der Waals surface area contributed by atoms with Crippen LogP contribution in [0.1, 0.15) is 24.0 Å². The van der Waals surface area contributed by atoms with E-state index < -0.39 is 57.7 Å². The van der Waals surface area contributed by atoms with Gasteiger partial charge in [0.15, 0.2) is 29.1 Å². The van der Waals surface area contributed by atoms with Gasteiger partial charge >= 0.3 is 0 Å². The topological polar surface area (TPSA) is 32.3 Å². The Morgan fingerprint density at radius 3 is 2.00 bits per heavy atom. The van der Waals surface area contributed by atoms with Gasteiger partial charge in [0.2, 0.25) is 0 Å². The van der Waals surface area contributed by atoms with Gasteiger partial charge in [-0.2, -0.15) is 0 Å². The molecule has 2 atom stereocenters. The van der Waals surface area contributed by atoms with Crippen LogP contribution in [0.5, 0.6) is 0 Å². The summed E-state index contributed by atoms with van der Waals surface area (Å²) >= 11 is 0. The third kappa shape index (κ3) is 2.89. The standard InChI is InChI=1S/C17H13F6NO/c18-10-7-12(20)11(19)6-9(10)17(25,15-2-1-3-24-15)8-4-13(21)16(23)14(22)5-8/h4-7,15,24-25H,1-3H2. The smallest absolute Gasteiger partial charge is 0.194 e. The number of hydrogen-bond donors (Lipinski definition) is 2. The van der Waals surface area contributed by atoms with Crippen LogP contribution >= 0.6 is 0 Å². The summed E-state index contributed by atoms with van der Waals surface area (Å²) < 4.78 is 81.7. The first-order chi connectivity index (χ1) is 11.7. The predicted molar refractivity (Wildman–Crippen MR) is 76.7 cm³/mol. The number of aliphatic hydroxyl groups is 1. The van der Waals surface area contributed by atoms with E-state index in [1.807, 2.05) is 0 Å².